The summed E-state index contributed by atoms with van der Waals surface area (Å²) in [5.41, 5.74) is 0.682. The van der Waals surface area contributed by atoms with Crippen LogP contribution in [0.25, 0.3) is 0 Å². The van der Waals surface area contributed by atoms with Crippen LogP contribution in [0.4, 0.5) is 0 Å². The molecule has 4 heteroatoms. The smallest absolute Gasteiger partial charge is 0.255 e. The zero-order valence-electron chi connectivity index (χ0n) is 9.96. The standard InChI is InChI=1S/C13H16BrNO2/c1-13(2)6-8(13)7-15-12(17)10-4-3-9(14)5-11(10)16/h3-5,8,16H,6-7H2,1-2H3,(H,15,17). The van der Waals surface area contributed by atoms with E-state index in [0.29, 0.717) is 23.4 Å². The number of carbonyl (C=O) groups excluding carboxylic acids is 1. The van der Waals surface area contributed by atoms with Gasteiger partial charge in [-0.25, -0.2) is 0 Å². The van der Waals surface area contributed by atoms with Crippen molar-refractivity contribution in [2.24, 2.45) is 11.3 Å². The van der Waals surface area contributed by atoms with E-state index in [0.717, 1.165) is 10.9 Å². The average Bonchev–Trinajstić information content (AvgIpc) is 2.83. The molecule has 0 heterocycles. The molecule has 2 rings (SSSR count). The second kappa shape index (κ2) is 4.33. The fourth-order valence-corrected chi connectivity index (χ4v) is 2.28. The number of benzene rings is 1. The predicted octanol–water partition coefficient (Wildman–Crippen LogP) is 2.93. The van der Waals surface area contributed by atoms with Gasteiger partial charge in [0.05, 0.1) is 5.56 Å². The van der Waals surface area contributed by atoms with Crippen LogP contribution < -0.4 is 5.32 Å². The molecule has 1 aliphatic rings. The van der Waals surface area contributed by atoms with Gasteiger partial charge < -0.3 is 10.4 Å². The molecule has 1 aromatic carbocycles. The molecular weight excluding hydrogens is 282 g/mol. The van der Waals surface area contributed by atoms with Gasteiger partial charge in [-0.2, -0.15) is 0 Å². The lowest BCUT2D eigenvalue weighted by molar-refractivity contribution is 0.0948. The highest BCUT2D eigenvalue weighted by Crippen LogP contribution is 2.51. The Bertz CT molecular complexity index is 457. The minimum atomic E-state index is -0.210. The fraction of sp³-hybridized carbons (Fsp3) is 0.462. The number of hydrogen-bond donors (Lipinski definition) is 2. The van der Waals surface area contributed by atoms with Gasteiger partial charge in [0.1, 0.15) is 5.75 Å². The molecule has 17 heavy (non-hydrogen) atoms. The van der Waals surface area contributed by atoms with Crippen molar-refractivity contribution in [2.45, 2.75) is 20.3 Å². The zero-order valence-corrected chi connectivity index (χ0v) is 11.5. The Labute approximate surface area is 109 Å². The van der Waals surface area contributed by atoms with Crippen LogP contribution in [0.3, 0.4) is 0 Å². The van der Waals surface area contributed by atoms with E-state index in [1.165, 1.54) is 6.07 Å². The van der Waals surface area contributed by atoms with Gasteiger partial charge in [-0.3, -0.25) is 4.79 Å². The maximum Gasteiger partial charge on any atom is 0.255 e. The molecule has 1 amide bonds. The van der Waals surface area contributed by atoms with E-state index in [1.54, 1.807) is 12.1 Å². The average molecular weight is 298 g/mol. The summed E-state index contributed by atoms with van der Waals surface area (Å²) < 4.78 is 0.759. The third kappa shape index (κ3) is 2.80. The molecule has 0 aliphatic heterocycles. The van der Waals surface area contributed by atoms with E-state index in [2.05, 4.69) is 35.1 Å². The minimum absolute atomic E-state index is 0.00642. The molecule has 0 aromatic heterocycles. The van der Waals surface area contributed by atoms with E-state index in [-0.39, 0.29) is 11.7 Å². The number of aromatic hydroxyl groups is 1. The van der Waals surface area contributed by atoms with Crippen LogP contribution >= 0.6 is 15.9 Å². The molecular formula is C13H16BrNO2. The van der Waals surface area contributed by atoms with Gasteiger partial charge in [0, 0.05) is 11.0 Å². The van der Waals surface area contributed by atoms with E-state index in [1.807, 2.05) is 0 Å². The molecule has 2 N–H and O–H groups in total. The summed E-state index contributed by atoms with van der Waals surface area (Å²) in [7, 11) is 0. The van der Waals surface area contributed by atoms with Crippen LogP contribution in [0.2, 0.25) is 0 Å². The van der Waals surface area contributed by atoms with Gasteiger partial charge in [-0.15, -0.1) is 0 Å². The van der Waals surface area contributed by atoms with Crippen molar-refractivity contribution in [1.82, 2.24) is 5.32 Å². The van der Waals surface area contributed by atoms with E-state index < -0.39 is 0 Å². The van der Waals surface area contributed by atoms with Gasteiger partial charge >= 0.3 is 0 Å². The highest BCUT2D eigenvalue weighted by atomic mass is 79.9. The molecule has 1 saturated carbocycles. The van der Waals surface area contributed by atoms with Crippen molar-refractivity contribution in [3.05, 3.63) is 28.2 Å². The zero-order chi connectivity index (χ0) is 12.6. The Morgan fingerprint density at radius 3 is 2.76 bits per heavy atom. The first kappa shape index (κ1) is 12.4. The third-order valence-electron chi connectivity index (χ3n) is 3.43. The van der Waals surface area contributed by atoms with E-state index in [9.17, 15) is 9.90 Å². The Morgan fingerprint density at radius 1 is 1.59 bits per heavy atom. The van der Waals surface area contributed by atoms with Crippen molar-refractivity contribution in [3.63, 3.8) is 0 Å². The molecule has 1 aliphatic carbocycles. The fourth-order valence-electron chi connectivity index (χ4n) is 1.93. The SMILES string of the molecule is CC1(C)CC1CNC(=O)c1ccc(Br)cc1O. The molecule has 0 spiro atoms. The maximum atomic E-state index is 11.8. The number of nitrogens with one attached hydrogen (secondary N) is 1. The lowest BCUT2D eigenvalue weighted by Crippen LogP contribution is -2.26. The van der Waals surface area contributed by atoms with E-state index in [4.69, 9.17) is 0 Å². The van der Waals surface area contributed by atoms with Crippen LogP contribution in [0.1, 0.15) is 30.6 Å². The van der Waals surface area contributed by atoms with Crippen molar-refractivity contribution >= 4 is 21.8 Å². The highest BCUT2D eigenvalue weighted by molar-refractivity contribution is 9.10. The maximum absolute atomic E-state index is 11.8. The van der Waals surface area contributed by atoms with Crippen molar-refractivity contribution < 1.29 is 9.90 Å². The Morgan fingerprint density at radius 2 is 2.24 bits per heavy atom. The number of halogens is 1. The minimum Gasteiger partial charge on any atom is -0.507 e. The number of hydrogen-bond acceptors (Lipinski definition) is 2. The number of carbonyl (C=O) groups is 1. The highest BCUT2D eigenvalue weighted by Gasteiger charge is 2.45. The molecule has 1 fully saturated rings. The summed E-state index contributed by atoms with van der Waals surface area (Å²) in [5.74, 6) is 0.355. The van der Waals surface area contributed by atoms with Crippen molar-refractivity contribution in [2.75, 3.05) is 6.54 Å². The van der Waals surface area contributed by atoms with Gasteiger partial charge in [-0.05, 0) is 36.0 Å². The third-order valence-corrected chi connectivity index (χ3v) is 3.92. The molecule has 0 saturated heterocycles. The van der Waals surface area contributed by atoms with Gasteiger partial charge in [0.25, 0.3) is 5.91 Å². The largest absolute Gasteiger partial charge is 0.507 e. The molecule has 0 bridgehead atoms. The monoisotopic (exact) mass is 297 g/mol. The van der Waals surface area contributed by atoms with Crippen LogP contribution in [0.15, 0.2) is 22.7 Å². The number of amides is 1. The molecule has 0 radical (unpaired) electrons. The Hall–Kier alpha value is -1.03. The second-order valence-corrected chi connectivity index (χ2v) is 6.18. The molecule has 1 unspecified atom stereocenters. The van der Waals surface area contributed by atoms with Crippen molar-refractivity contribution in [1.29, 1.82) is 0 Å². The first-order valence-electron chi connectivity index (χ1n) is 5.67. The molecule has 1 aromatic rings. The summed E-state index contributed by atoms with van der Waals surface area (Å²) in [5, 5.41) is 12.5. The van der Waals surface area contributed by atoms with Crippen molar-refractivity contribution in [3.8, 4) is 5.75 Å². The number of rotatable bonds is 3. The molecule has 1 atom stereocenters. The predicted molar refractivity (Wildman–Crippen MR) is 70.0 cm³/mol. The number of phenols is 1. The Kier molecular flexibility index (Phi) is 3.17. The molecule has 92 valence electrons. The van der Waals surface area contributed by atoms with Crippen LogP contribution in [0, 0.1) is 11.3 Å². The second-order valence-electron chi connectivity index (χ2n) is 5.26. The summed E-state index contributed by atoms with van der Waals surface area (Å²) in [6, 6.07) is 4.89. The summed E-state index contributed by atoms with van der Waals surface area (Å²) in [6.45, 7) is 5.07. The quantitative estimate of drug-likeness (QED) is 0.901. The lowest BCUT2D eigenvalue weighted by Gasteiger charge is -2.08. The van der Waals surface area contributed by atoms with Gasteiger partial charge in [0.15, 0.2) is 0 Å². The summed E-state index contributed by atoms with van der Waals surface area (Å²) in [6.07, 6.45) is 1.15. The van der Waals surface area contributed by atoms with Crippen LogP contribution in [0.5, 0.6) is 5.75 Å². The van der Waals surface area contributed by atoms with Gasteiger partial charge in [0.2, 0.25) is 0 Å². The van der Waals surface area contributed by atoms with Gasteiger partial charge in [-0.1, -0.05) is 29.8 Å². The normalized spacial score (nSPS) is 21.0. The summed E-state index contributed by atoms with van der Waals surface area (Å²) in [4.78, 5) is 11.8. The summed E-state index contributed by atoms with van der Waals surface area (Å²) >= 11 is 3.24. The topological polar surface area (TPSA) is 49.3 Å². The van der Waals surface area contributed by atoms with E-state index >= 15 is 0 Å². The molecule has 3 nitrogen and oxygen atoms in total. The van der Waals surface area contributed by atoms with Crippen LogP contribution in [-0.2, 0) is 0 Å². The first-order chi connectivity index (χ1) is 7.90. The first-order valence-corrected chi connectivity index (χ1v) is 6.46. The Balaban J connectivity index is 1.96. The lowest BCUT2D eigenvalue weighted by atomic mass is 10.1. The number of phenolic OH excluding ortho intramolecular Hbond substituents is 1. The van der Waals surface area contributed by atoms with Crippen LogP contribution in [-0.4, -0.2) is 17.6 Å².